The topological polar surface area (TPSA) is 24.9 Å². The van der Waals surface area contributed by atoms with Crippen LogP contribution in [0, 0.1) is 0 Å². The summed E-state index contributed by atoms with van der Waals surface area (Å²) in [5.41, 5.74) is 4.41. The molecule has 4 rings (SSSR count). The van der Waals surface area contributed by atoms with E-state index in [-0.39, 0.29) is 0 Å². The van der Waals surface area contributed by atoms with Crippen molar-refractivity contribution in [2.45, 2.75) is 51.0 Å². The van der Waals surface area contributed by atoms with Gasteiger partial charge in [-0.15, -0.1) is 11.3 Å². The summed E-state index contributed by atoms with van der Waals surface area (Å²) in [6.45, 7) is 3.22. The number of nitrogens with one attached hydrogen (secondary N) is 1. The summed E-state index contributed by atoms with van der Waals surface area (Å²) in [6, 6.07) is 9.38. The van der Waals surface area contributed by atoms with Gasteiger partial charge in [0, 0.05) is 10.8 Å². The summed E-state index contributed by atoms with van der Waals surface area (Å²) in [4.78, 5) is 6.61. The summed E-state index contributed by atoms with van der Waals surface area (Å²) in [5, 5.41) is 4.98. The van der Waals surface area contributed by atoms with E-state index in [0.717, 1.165) is 6.54 Å². The predicted octanol–water partition coefficient (Wildman–Crippen LogP) is 4.01. The van der Waals surface area contributed by atoms with E-state index >= 15 is 0 Å². The Labute approximate surface area is 130 Å². The molecule has 0 saturated carbocycles. The average Bonchev–Trinajstić information content (AvgIpc) is 3.11. The third-order valence-corrected chi connectivity index (χ3v) is 6.12. The highest BCUT2D eigenvalue weighted by atomic mass is 32.1. The van der Waals surface area contributed by atoms with Crippen LogP contribution < -0.4 is 5.32 Å². The number of fused-ring (bicyclic) bond motifs is 2. The van der Waals surface area contributed by atoms with Gasteiger partial charge in [0.2, 0.25) is 0 Å². The number of thiazole rings is 1. The minimum absolute atomic E-state index is 0.493. The smallest absolute Gasteiger partial charge is 0.0969 e. The minimum Gasteiger partial charge on any atom is -0.309 e. The van der Waals surface area contributed by atoms with Crippen LogP contribution in [0.5, 0.6) is 0 Å². The number of benzene rings is 1. The highest BCUT2D eigenvalue weighted by Crippen LogP contribution is 2.40. The number of rotatable bonds is 3. The molecule has 3 heteroatoms. The summed E-state index contributed by atoms with van der Waals surface area (Å²) in [5.74, 6) is 0.611. The molecule has 2 nitrogen and oxygen atoms in total. The van der Waals surface area contributed by atoms with Gasteiger partial charge in [0.15, 0.2) is 0 Å². The van der Waals surface area contributed by atoms with Crippen LogP contribution in [0.3, 0.4) is 0 Å². The number of hydrogen-bond acceptors (Lipinski definition) is 3. The normalized spacial score (nSPS) is 21.3. The Bertz CT molecular complexity index is 621. The lowest BCUT2D eigenvalue weighted by atomic mass is 9.97. The molecule has 1 heterocycles. The van der Waals surface area contributed by atoms with Gasteiger partial charge in [-0.05, 0) is 49.8 Å². The Hall–Kier alpha value is -1.19. The van der Waals surface area contributed by atoms with Crippen molar-refractivity contribution < 1.29 is 0 Å². The molecule has 1 aromatic heterocycles. The molecule has 0 radical (unpaired) electrons. The molecule has 0 fully saturated rings. The number of hydrogen-bond donors (Lipinski definition) is 1. The maximum absolute atomic E-state index is 5.07. The Morgan fingerprint density at radius 2 is 2.00 bits per heavy atom. The van der Waals surface area contributed by atoms with E-state index < -0.39 is 0 Å². The second-order valence-corrected chi connectivity index (χ2v) is 7.35. The zero-order chi connectivity index (χ0) is 14.2. The summed E-state index contributed by atoms with van der Waals surface area (Å²) in [6.07, 6.45) is 6.13. The number of aromatic nitrogens is 1. The first kappa shape index (κ1) is 13.5. The highest BCUT2D eigenvalue weighted by Gasteiger charge is 2.29. The molecule has 21 heavy (non-hydrogen) atoms. The first-order valence-corrected chi connectivity index (χ1v) is 8.96. The summed E-state index contributed by atoms with van der Waals surface area (Å²) in [7, 11) is 0. The maximum atomic E-state index is 5.07. The Morgan fingerprint density at radius 3 is 2.71 bits per heavy atom. The Kier molecular flexibility index (Phi) is 3.56. The van der Waals surface area contributed by atoms with Crippen LogP contribution in [0.25, 0.3) is 0 Å². The van der Waals surface area contributed by atoms with Crippen LogP contribution in [-0.2, 0) is 19.3 Å². The van der Waals surface area contributed by atoms with Crippen LogP contribution in [-0.4, -0.2) is 11.5 Å². The standard InChI is InChI=1S/C18H22N2S/c1-2-19-15-8-5-9-16-17(15)20-18(21-16)14-10-12-6-3-4-7-13(12)11-14/h3-4,6-7,14-15,19H,2,5,8-11H2,1H3. The average molecular weight is 298 g/mol. The van der Waals surface area contributed by atoms with E-state index in [2.05, 4.69) is 36.5 Å². The first-order valence-electron chi connectivity index (χ1n) is 8.14. The predicted molar refractivity (Wildman–Crippen MR) is 88.1 cm³/mol. The van der Waals surface area contributed by atoms with Gasteiger partial charge in [-0.1, -0.05) is 31.2 Å². The van der Waals surface area contributed by atoms with Crippen LogP contribution in [0.1, 0.15) is 58.4 Å². The number of aryl methyl sites for hydroxylation is 1. The Morgan fingerprint density at radius 1 is 1.24 bits per heavy atom. The first-order chi connectivity index (χ1) is 10.3. The minimum atomic E-state index is 0.493. The van der Waals surface area contributed by atoms with Crippen molar-refractivity contribution in [3.05, 3.63) is 51.0 Å². The Balaban J connectivity index is 1.61. The van der Waals surface area contributed by atoms with Crippen LogP contribution in [0.2, 0.25) is 0 Å². The monoisotopic (exact) mass is 298 g/mol. The van der Waals surface area contributed by atoms with Crippen LogP contribution in [0.4, 0.5) is 0 Å². The molecule has 2 aromatic rings. The van der Waals surface area contributed by atoms with E-state index in [1.54, 1.807) is 0 Å². The van der Waals surface area contributed by atoms with E-state index in [1.165, 1.54) is 58.8 Å². The van der Waals surface area contributed by atoms with Gasteiger partial charge in [0.05, 0.1) is 16.7 Å². The van der Waals surface area contributed by atoms with Crippen molar-refractivity contribution in [1.29, 1.82) is 0 Å². The molecule has 2 aliphatic rings. The largest absolute Gasteiger partial charge is 0.309 e. The van der Waals surface area contributed by atoms with Gasteiger partial charge in [0.1, 0.15) is 0 Å². The maximum Gasteiger partial charge on any atom is 0.0969 e. The molecule has 0 aliphatic heterocycles. The summed E-state index contributed by atoms with van der Waals surface area (Å²) < 4.78 is 0. The molecule has 0 spiro atoms. The van der Waals surface area contributed by atoms with Gasteiger partial charge in [-0.2, -0.15) is 0 Å². The molecule has 1 unspecified atom stereocenters. The van der Waals surface area contributed by atoms with Gasteiger partial charge in [-0.25, -0.2) is 4.98 Å². The van der Waals surface area contributed by atoms with Crippen molar-refractivity contribution in [2.75, 3.05) is 6.54 Å². The summed E-state index contributed by atoms with van der Waals surface area (Å²) >= 11 is 1.98. The third kappa shape index (κ3) is 2.43. The number of nitrogens with zero attached hydrogens (tertiary/aromatic N) is 1. The molecule has 1 N–H and O–H groups in total. The molecule has 1 atom stereocenters. The molecular weight excluding hydrogens is 276 g/mol. The molecular formula is C18H22N2S. The molecule has 110 valence electrons. The van der Waals surface area contributed by atoms with E-state index in [0.29, 0.717) is 12.0 Å². The molecule has 0 amide bonds. The van der Waals surface area contributed by atoms with Crippen molar-refractivity contribution in [1.82, 2.24) is 10.3 Å². The third-order valence-electron chi connectivity index (χ3n) is 4.82. The van der Waals surface area contributed by atoms with E-state index in [4.69, 9.17) is 4.98 Å². The molecule has 0 bridgehead atoms. The van der Waals surface area contributed by atoms with Gasteiger partial charge in [0.25, 0.3) is 0 Å². The fourth-order valence-electron chi connectivity index (χ4n) is 3.79. The van der Waals surface area contributed by atoms with Crippen LogP contribution in [0.15, 0.2) is 24.3 Å². The quantitative estimate of drug-likeness (QED) is 0.926. The second-order valence-electron chi connectivity index (χ2n) is 6.24. The fraction of sp³-hybridized carbons (Fsp3) is 0.500. The zero-order valence-corrected chi connectivity index (χ0v) is 13.4. The van der Waals surface area contributed by atoms with Crippen molar-refractivity contribution in [3.63, 3.8) is 0 Å². The lowest BCUT2D eigenvalue weighted by molar-refractivity contribution is 0.464. The second kappa shape index (κ2) is 5.54. The lowest BCUT2D eigenvalue weighted by Gasteiger charge is -2.21. The molecule has 2 aliphatic carbocycles. The van der Waals surface area contributed by atoms with E-state index in [1.807, 2.05) is 11.3 Å². The van der Waals surface area contributed by atoms with Crippen molar-refractivity contribution in [3.8, 4) is 0 Å². The van der Waals surface area contributed by atoms with E-state index in [9.17, 15) is 0 Å². The van der Waals surface area contributed by atoms with Gasteiger partial charge < -0.3 is 5.32 Å². The van der Waals surface area contributed by atoms with Crippen LogP contribution >= 0.6 is 11.3 Å². The highest BCUT2D eigenvalue weighted by molar-refractivity contribution is 7.11. The SMILES string of the molecule is CCNC1CCCc2sc(C3Cc4ccccc4C3)nc21. The van der Waals surface area contributed by atoms with Crippen molar-refractivity contribution in [2.24, 2.45) is 0 Å². The van der Waals surface area contributed by atoms with Gasteiger partial charge in [-0.3, -0.25) is 0 Å². The van der Waals surface area contributed by atoms with Crippen molar-refractivity contribution >= 4 is 11.3 Å². The molecule has 1 aromatic carbocycles. The fourth-order valence-corrected chi connectivity index (χ4v) is 5.06. The molecule has 0 saturated heterocycles. The zero-order valence-electron chi connectivity index (χ0n) is 12.6. The van der Waals surface area contributed by atoms with Gasteiger partial charge >= 0.3 is 0 Å². The lowest BCUT2D eigenvalue weighted by Crippen LogP contribution is -2.24.